The van der Waals surface area contributed by atoms with Crippen molar-refractivity contribution in [2.75, 3.05) is 4.72 Å². The summed E-state index contributed by atoms with van der Waals surface area (Å²) in [6.07, 6.45) is 0. The SMILES string of the molecule is Cn1c(=O)c(=O)n(C)c2cc(NS(=O)(=O)c3cccc(C#N)c3)ccc21. The van der Waals surface area contributed by atoms with Gasteiger partial charge in [0.25, 0.3) is 10.0 Å². The highest BCUT2D eigenvalue weighted by atomic mass is 32.2. The molecular formula is C17H14N4O4S. The van der Waals surface area contributed by atoms with Crippen molar-refractivity contribution < 1.29 is 8.42 Å². The average molecular weight is 370 g/mol. The van der Waals surface area contributed by atoms with Crippen LogP contribution in [0.25, 0.3) is 11.0 Å². The molecule has 0 aliphatic carbocycles. The first-order valence-electron chi connectivity index (χ1n) is 7.47. The molecule has 0 atom stereocenters. The van der Waals surface area contributed by atoms with Crippen molar-refractivity contribution in [3.63, 3.8) is 0 Å². The van der Waals surface area contributed by atoms with Gasteiger partial charge in [0.15, 0.2) is 0 Å². The van der Waals surface area contributed by atoms with Gasteiger partial charge in [0.05, 0.1) is 33.2 Å². The number of hydrogen-bond donors (Lipinski definition) is 1. The summed E-state index contributed by atoms with van der Waals surface area (Å²) in [5, 5.41) is 8.92. The first kappa shape index (κ1) is 17.4. The molecule has 3 rings (SSSR count). The molecule has 26 heavy (non-hydrogen) atoms. The summed E-state index contributed by atoms with van der Waals surface area (Å²) >= 11 is 0. The fourth-order valence-electron chi connectivity index (χ4n) is 2.59. The molecule has 0 aliphatic rings. The Labute approximate surface area is 148 Å². The Hall–Kier alpha value is -3.38. The molecule has 0 bridgehead atoms. The molecule has 1 N–H and O–H groups in total. The number of anilines is 1. The fourth-order valence-corrected chi connectivity index (χ4v) is 3.69. The van der Waals surface area contributed by atoms with Crippen molar-refractivity contribution >= 4 is 26.7 Å². The maximum Gasteiger partial charge on any atom is 0.316 e. The van der Waals surface area contributed by atoms with Crippen LogP contribution in [0.4, 0.5) is 5.69 Å². The second-order valence-electron chi connectivity index (χ2n) is 5.68. The molecule has 3 aromatic rings. The first-order valence-corrected chi connectivity index (χ1v) is 8.95. The van der Waals surface area contributed by atoms with E-state index in [4.69, 9.17) is 5.26 Å². The smallest absolute Gasteiger partial charge is 0.305 e. The van der Waals surface area contributed by atoms with Gasteiger partial charge in [0.1, 0.15) is 0 Å². The summed E-state index contributed by atoms with van der Waals surface area (Å²) in [5.74, 6) is 0. The van der Waals surface area contributed by atoms with Crippen LogP contribution in [0.15, 0.2) is 56.9 Å². The van der Waals surface area contributed by atoms with Crippen LogP contribution in [-0.2, 0) is 24.1 Å². The summed E-state index contributed by atoms with van der Waals surface area (Å²) < 4.78 is 29.9. The van der Waals surface area contributed by atoms with E-state index in [0.29, 0.717) is 11.0 Å². The zero-order valence-electron chi connectivity index (χ0n) is 13.9. The molecule has 0 unspecified atom stereocenters. The van der Waals surface area contributed by atoms with Crippen LogP contribution in [0.3, 0.4) is 0 Å². The molecule has 0 spiro atoms. The van der Waals surface area contributed by atoms with E-state index in [9.17, 15) is 18.0 Å². The number of rotatable bonds is 3. The Kier molecular flexibility index (Phi) is 4.13. The van der Waals surface area contributed by atoms with Gasteiger partial charge in [-0.2, -0.15) is 5.26 Å². The zero-order chi connectivity index (χ0) is 19.1. The van der Waals surface area contributed by atoms with Crippen molar-refractivity contribution in [1.29, 1.82) is 5.26 Å². The van der Waals surface area contributed by atoms with E-state index >= 15 is 0 Å². The zero-order valence-corrected chi connectivity index (χ0v) is 14.7. The number of fused-ring (bicyclic) bond motifs is 1. The van der Waals surface area contributed by atoms with E-state index in [1.54, 1.807) is 6.07 Å². The second kappa shape index (κ2) is 6.16. The quantitative estimate of drug-likeness (QED) is 0.688. The minimum atomic E-state index is -3.91. The molecule has 1 aromatic heterocycles. The molecule has 0 saturated carbocycles. The molecule has 9 heteroatoms. The highest BCUT2D eigenvalue weighted by Crippen LogP contribution is 2.20. The molecule has 1 heterocycles. The van der Waals surface area contributed by atoms with Gasteiger partial charge in [-0.15, -0.1) is 0 Å². The molecule has 0 radical (unpaired) electrons. The molecule has 0 saturated heterocycles. The Bertz CT molecular complexity index is 1300. The number of benzene rings is 2. The lowest BCUT2D eigenvalue weighted by Crippen LogP contribution is -2.39. The van der Waals surface area contributed by atoms with Gasteiger partial charge in [-0.3, -0.25) is 14.3 Å². The maximum atomic E-state index is 12.5. The van der Waals surface area contributed by atoms with Crippen molar-refractivity contribution in [3.05, 3.63) is 68.7 Å². The third kappa shape index (κ3) is 2.87. The van der Waals surface area contributed by atoms with Crippen LogP contribution in [0.5, 0.6) is 0 Å². The molecule has 0 fully saturated rings. The van der Waals surface area contributed by atoms with Gasteiger partial charge in [-0.05, 0) is 36.4 Å². The van der Waals surface area contributed by atoms with Crippen LogP contribution < -0.4 is 15.8 Å². The molecule has 0 aliphatic heterocycles. The highest BCUT2D eigenvalue weighted by molar-refractivity contribution is 7.92. The molecular weight excluding hydrogens is 356 g/mol. The van der Waals surface area contributed by atoms with Crippen LogP contribution >= 0.6 is 0 Å². The molecule has 132 valence electrons. The number of aromatic nitrogens is 2. The fraction of sp³-hybridized carbons (Fsp3) is 0.118. The van der Waals surface area contributed by atoms with E-state index in [2.05, 4.69) is 4.72 Å². The number of aryl methyl sites for hydroxylation is 2. The lowest BCUT2D eigenvalue weighted by Gasteiger charge is -2.12. The molecule has 8 nitrogen and oxygen atoms in total. The van der Waals surface area contributed by atoms with Crippen molar-refractivity contribution in [2.24, 2.45) is 14.1 Å². The number of nitrogens with zero attached hydrogens (tertiary/aromatic N) is 3. The molecule has 0 amide bonds. The minimum Gasteiger partial charge on any atom is -0.305 e. The Morgan fingerprint density at radius 1 is 0.962 bits per heavy atom. The average Bonchev–Trinajstić information content (AvgIpc) is 2.64. The lowest BCUT2D eigenvalue weighted by atomic mass is 10.2. The van der Waals surface area contributed by atoms with Gasteiger partial charge in [-0.1, -0.05) is 6.07 Å². The van der Waals surface area contributed by atoms with E-state index in [1.165, 1.54) is 59.6 Å². The topological polar surface area (TPSA) is 114 Å². The standard InChI is InChI=1S/C17H14N4O4S/c1-20-14-7-6-12(9-15(14)21(2)17(23)16(20)22)19-26(24,25)13-5-3-4-11(8-13)10-18/h3-9,19H,1-2H3. The number of sulfonamides is 1. The third-order valence-corrected chi connectivity index (χ3v) is 5.39. The van der Waals surface area contributed by atoms with E-state index in [0.717, 1.165) is 0 Å². The minimum absolute atomic E-state index is 0.0500. The van der Waals surface area contributed by atoms with Crippen molar-refractivity contribution in [2.45, 2.75) is 4.90 Å². The Morgan fingerprint density at radius 3 is 2.27 bits per heavy atom. The van der Waals surface area contributed by atoms with E-state index in [1.807, 2.05) is 6.07 Å². The van der Waals surface area contributed by atoms with Gasteiger partial charge in [-0.25, -0.2) is 8.42 Å². The monoisotopic (exact) mass is 370 g/mol. The van der Waals surface area contributed by atoms with E-state index in [-0.39, 0.29) is 16.1 Å². The van der Waals surface area contributed by atoms with Gasteiger partial charge in [0.2, 0.25) is 0 Å². The normalized spacial score (nSPS) is 11.3. The van der Waals surface area contributed by atoms with Crippen LogP contribution in [0.1, 0.15) is 5.56 Å². The Morgan fingerprint density at radius 2 is 1.62 bits per heavy atom. The summed E-state index contributed by atoms with van der Waals surface area (Å²) in [7, 11) is -0.992. The van der Waals surface area contributed by atoms with Crippen molar-refractivity contribution in [3.8, 4) is 6.07 Å². The maximum absolute atomic E-state index is 12.5. The first-order chi connectivity index (χ1) is 12.2. The van der Waals surface area contributed by atoms with E-state index < -0.39 is 21.1 Å². The lowest BCUT2D eigenvalue weighted by molar-refractivity contribution is 0.601. The number of nitrogens with one attached hydrogen (secondary N) is 1. The van der Waals surface area contributed by atoms with Crippen LogP contribution in [0.2, 0.25) is 0 Å². The third-order valence-electron chi connectivity index (χ3n) is 4.02. The predicted octanol–water partition coefficient (Wildman–Crippen LogP) is 0.910. The summed E-state index contributed by atoms with van der Waals surface area (Å²) in [6.45, 7) is 0. The predicted molar refractivity (Wildman–Crippen MR) is 96.4 cm³/mol. The Balaban J connectivity index is 2.11. The van der Waals surface area contributed by atoms with Crippen molar-refractivity contribution in [1.82, 2.24) is 9.13 Å². The molecule has 2 aromatic carbocycles. The summed E-state index contributed by atoms with van der Waals surface area (Å²) in [5.41, 5.74) is -0.0183. The summed E-state index contributed by atoms with van der Waals surface area (Å²) in [6, 6.07) is 12.0. The highest BCUT2D eigenvalue weighted by Gasteiger charge is 2.16. The number of nitriles is 1. The van der Waals surface area contributed by atoms with Crippen LogP contribution in [0, 0.1) is 11.3 Å². The largest absolute Gasteiger partial charge is 0.316 e. The van der Waals surface area contributed by atoms with Gasteiger partial charge in [0, 0.05) is 14.1 Å². The van der Waals surface area contributed by atoms with Crippen LogP contribution in [-0.4, -0.2) is 17.6 Å². The van der Waals surface area contributed by atoms with Gasteiger partial charge >= 0.3 is 11.1 Å². The van der Waals surface area contributed by atoms with Gasteiger partial charge < -0.3 is 9.13 Å². The summed E-state index contributed by atoms with van der Waals surface area (Å²) in [4.78, 5) is 23.8. The second-order valence-corrected chi connectivity index (χ2v) is 7.36. The number of hydrogen-bond acceptors (Lipinski definition) is 5.